The van der Waals surface area contributed by atoms with Crippen LogP contribution in [0.4, 0.5) is 0 Å². The summed E-state index contributed by atoms with van der Waals surface area (Å²) in [4.78, 5) is 36.0. The smallest absolute Gasteiger partial charge is 1.00 e. The molecule has 0 unspecified atom stereocenters. The van der Waals surface area contributed by atoms with Crippen molar-refractivity contribution in [2.24, 2.45) is 5.41 Å². The fourth-order valence-electron chi connectivity index (χ4n) is 2.10. The zero-order valence-corrected chi connectivity index (χ0v) is 19.3. The van der Waals surface area contributed by atoms with Gasteiger partial charge in [0.2, 0.25) is 0 Å². The Bertz CT molecular complexity index is 666. The van der Waals surface area contributed by atoms with E-state index < -0.39 is 59.0 Å². The molecule has 9 nitrogen and oxygen atoms in total. The molecule has 0 saturated heterocycles. The number of unbranched alkanes of at least 4 members (excludes halogenated alkanes) is 1. The van der Waals surface area contributed by atoms with Crippen molar-refractivity contribution in [3.8, 4) is 0 Å². The van der Waals surface area contributed by atoms with Crippen LogP contribution in [0.1, 0.15) is 42.9 Å². The van der Waals surface area contributed by atoms with E-state index in [-0.39, 0.29) is 32.3 Å². The molecule has 164 valence electrons. The van der Waals surface area contributed by atoms with Gasteiger partial charge in [-0.25, -0.2) is 9.59 Å². The third-order valence-corrected chi connectivity index (χ3v) is 4.29. The van der Waals surface area contributed by atoms with Crippen molar-refractivity contribution < 1.29 is 44.4 Å². The topological polar surface area (TPSA) is 133 Å². The fraction of sp³-hybridized carbons (Fsp3) is 0.611. The summed E-state index contributed by atoms with van der Waals surface area (Å²) in [6.45, 7) is 3.71. The van der Waals surface area contributed by atoms with E-state index in [0.717, 1.165) is 0 Å². The molecule has 0 atom stereocenters. The molecule has 11 heteroatoms. The van der Waals surface area contributed by atoms with Gasteiger partial charge in [-0.2, -0.15) is 8.42 Å². The van der Waals surface area contributed by atoms with Crippen LogP contribution in [0, 0.1) is 5.41 Å². The van der Waals surface area contributed by atoms with Gasteiger partial charge in [-0.1, -0.05) is 31.9 Å². The Morgan fingerprint density at radius 2 is 1.48 bits per heavy atom. The Hall–Kier alpha value is -1.43. The summed E-state index contributed by atoms with van der Waals surface area (Å²) in [6.07, 6.45) is 6.68. The van der Waals surface area contributed by atoms with Crippen LogP contribution < -0.4 is 0 Å². The van der Waals surface area contributed by atoms with Gasteiger partial charge in [0.25, 0.3) is 10.1 Å². The summed E-state index contributed by atoms with van der Waals surface area (Å²) >= 11 is 0. The molecule has 0 heterocycles. The Morgan fingerprint density at radius 1 is 1.00 bits per heavy atom. The number of carbonyl (C=O) groups is 3. The molecule has 29 heavy (non-hydrogen) atoms. The molecule has 0 bridgehead atoms. The zero-order valence-electron chi connectivity index (χ0n) is 19.1. The molecule has 0 aromatic heterocycles. The second-order valence-electron chi connectivity index (χ2n) is 6.02. The van der Waals surface area contributed by atoms with Crippen molar-refractivity contribution in [2.45, 2.75) is 40.0 Å². The third-order valence-electron chi connectivity index (χ3n) is 3.60. The first-order valence-electron chi connectivity index (χ1n) is 8.81. The molecule has 1 N–H and O–H groups in total. The van der Waals surface area contributed by atoms with E-state index in [1.165, 1.54) is 24.3 Å². The minimum Gasteiger partial charge on any atom is -1.00 e. The van der Waals surface area contributed by atoms with E-state index in [1.807, 2.05) is 6.92 Å². The molecule has 0 aliphatic carbocycles. The van der Waals surface area contributed by atoms with Crippen LogP contribution in [0.3, 0.4) is 0 Å². The van der Waals surface area contributed by atoms with Gasteiger partial charge in [0.05, 0.1) is 0 Å². The monoisotopic (exact) mass is 446 g/mol. The molecule has 0 aromatic rings. The van der Waals surface area contributed by atoms with Gasteiger partial charge < -0.3 is 17.1 Å². The van der Waals surface area contributed by atoms with Crippen molar-refractivity contribution in [1.29, 1.82) is 0 Å². The van der Waals surface area contributed by atoms with Gasteiger partial charge in [-0.3, -0.25) is 9.35 Å². The summed E-state index contributed by atoms with van der Waals surface area (Å²) in [7, 11) is -4.31. The first-order valence-corrected chi connectivity index (χ1v) is 10.4. The molecule has 0 saturated carbocycles. The van der Waals surface area contributed by atoms with E-state index in [0.29, 0.717) is 12.8 Å². The second-order valence-corrected chi connectivity index (χ2v) is 7.59. The SMILES string of the molecule is CC=CC(=O)OCC(CCCC)(COC(=O)C=CC)C(=O)OCCS(=O)(=O)O.[H-].[H-].[Mg+2]. The quantitative estimate of drug-likeness (QED) is 0.147. The number of carbonyl (C=O) groups excluding carboxylic acids is 3. The molecular formula is C18H30MgO9S. The molecule has 0 rings (SSSR count). The first-order chi connectivity index (χ1) is 13.1. The average Bonchev–Trinajstić information content (AvgIpc) is 2.60. The van der Waals surface area contributed by atoms with Gasteiger partial charge in [-0.05, 0) is 20.3 Å². The fourth-order valence-corrected chi connectivity index (χ4v) is 2.39. The van der Waals surface area contributed by atoms with E-state index in [1.54, 1.807) is 13.8 Å². The maximum absolute atomic E-state index is 12.7. The van der Waals surface area contributed by atoms with Crippen molar-refractivity contribution >= 4 is 51.1 Å². The minimum atomic E-state index is -4.31. The van der Waals surface area contributed by atoms with Crippen LogP contribution >= 0.6 is 0 Å². The van der Waals surface area contributed by atoms with Crippen LogP contribution in [0.25, 0.3) is 0 Å². The van der Waals surface area contributed by atoms with E-state index in [4.69, 9.17) is 18.8 Å². The molecular weight excluding hydrogens is 417 g/mol. The van der Waals surface area contributed by atoms with Crippen LogP contribution in [0.2, 0.25) is 0 Å². The largest absolute Gasteiger partial charge is 2.00 e. The molecule has 0 amide bonds. The van der Waals surface area contributed by atoms with E-state index in [2.05, 4.69) is 0 Å². The number of ether oxygens (including phenoxy) is 3. The van der Waals surface area contributed by atoms with Crippen molar-refractivity contribution in [3.63, 3.8) is 0 Å². The van der Waals surface area contributed by atoms with Crippen molar-refractivity contribution in [1.82, 2.24) is 0 Å². The summed E-state index contributed by atoms with van der Waals surface area (Å²) in [6, 6.07) is 0. The van der Waals surface area contributed by atoms with Gasteiger partial charge in [0, 0.05) is 12.2 Å². The Kier molecular flexibility index (Phi) is 15.8. The number of allylic oxidation sites excluding steroid dienone is 2. The predicted octanol–water partition coefficient (Wildman–Crippen LogP) is 1.68. The van der Waals surface area contributed by atoms with Crippen molar-refractivity contribution in [2.75, 3.05) is 25.6 Å². The number of rotatable bonds is 13. The second kappa shape index (κ2) is 15.4. The van der Waals surface area contributed by atoms with Gasteiger partial charge in [0.15, 0.2) is 0 Å². The van der Waals surface area contributed by atoms with Crippen LogP contribution in [-0.4, -0.2) is 79.5 Å². The zero-order chi connectivity index (χ0) is 21.6. The molecule has 0 fully saturated rings. The van der Waals surface area contributed by atoms with Crippen LogP contribution in [0.15, 0.2) is 24.3 Å². The van der Waals surface area contributed by atoms with E-state index in [9.17, 15) is 22.8 Å². The van der Waals surface area contributed by atoms with Crippen LogP contribution in [-0.2, 0) is 38.7 Å². The maximum atomic E-state index is 12.7. The molecule has 0 aliphatic rings. The van der Waals surface area contributed by atoms with Gasteiger partial charge >= 0.3 is 41.0 Å². The van der Waals surface area contributed by atoms with Crippen molar-refractivity contribution in [3.05, 3.63) is 24.3 Å². The normalized spacial score (nSPS) is 13.5. The summed E-state index contributed by atoms with van der Waals surface area (Å²) in [5.41, 5.74) is -1.50. The molecule has 0 radical (unpaired) electrons. The number of esters is 3. The maximum Gasteiger partial charge on any atom is 2.00 e. The first kappa shape index (κ1) is 29.8. The summed E-state index contributed by atoms with van der Waals surface area (Å²) in [5.74, 6) is -3.03. The summed E-state index contributed by atoms with van der Waals surface area (Å²) < 4.78 is 45.6. The predicted molar refractivity (Wildman–Crippen MR) is 109 cm³/mol. The Balaban J connectivity index is -0.00000121. The van der Waals surface area contributed by atoms with E-state index >= 15 is 0 Å². The summed E-state index contributed by atoms with van der Waals surface area (Å²) in [5, 5.41) is 0. The standard InChI is InChI=1S/C18H28O9S.Mg.2H/c1-4-7-10-18(13-26-15(19)8-5-2,14-27-16(20)9-6-3)17(21)25-11-12-28(22,23)24;;;/h5-6,8-9H,4,7,10-14H2,1-3H3,(H,22,23,24);;;/q;+2;2*-1. The molecule has 0 spiro atoms. The molecule has 0 aromatic carbocycles. The number of hydrogen-bond acceptors (Lipinski definition) is 8. The number of hydrogen-bond donors (Lipinski definition) is 1. The Morgan fingerprint density at radius 3 is 1.86 bits per heavy atom. The Labute approximate surface area is 190 Å². The van der Waals surface area contributed by atoms with Gasteiger partial charge in [-0.15, -0.1) is 0 Å². The minimum absolute atomic E-state index is 0. The third kappa shape index (κ3) is 13.4. The average molecular weight is 447 g/mol. The van der Waals surface area contributed by atoms with Crippen LogP contribution in [0.5, 0.6) is 0 Å². The van der Waals surface area contributed by atoms with Gasteiger partial charge in [0.1, 0.15) is 31.0 Å². The molecule has 0 aliphatic heterocycles.